The molecule has 0 radical (unpaired) electrons. The minimum Gasteiger partial charge on any atom is -0.351 e. The van der Waals surface area contributed by atoms with E-state index in [1.165, 1.54) is 30.0 Å². The Balaban J connectivity index is 1.56. The largest absolute Gasteiger partial charge is 0.351 e. The van der Waals surface area contributed by atoms with Gasteiger partial charge in [0.2, 0.25) is 5.91 Å². The van der Waals surface area contributed by atoms with E-state index in [0.29, 0.717) is 23.1 Å². The molecule has 5 nitrogen and oxygen atoms in total. The number of rotatable bonds is 6. The molecule has 0 atom stereocenters. The first-order chi connectivity index (χ1) is 12.9. The zero-order valence-electron chi connectivity index (χ0n) is 14.9. The van der Waals surface area contributed by atoms with Gasteiger partial charge in [-0.3, -0.25) is 4.79 Å². The summed E-state index contributed by atoms with van der Waals surface area (Å²) >= 11 is 1.26. The third-order valence-electron chi connectivity index (χ3n) is 3.98. The maximum absolute atomic E-state index is 13.3. The minimum absolute atomic E-state index is 0.159. The van der Waals surface area contributed by atoms with Crippen LogP contribution in [0.2, 0.25) is 0 Å². The van der Waals surface area contributed by atoms with Crippen molar-refractivity contribution in [3.63, 3.8) is 0 Å². The molecular weight excluding hydrogens is 370 g/mol. The number of thioether (sulfide) groups is 1. The second kappa shape index (κ2) is 8.30. The van der Waals surface area contributed by atoms with Gasteiger partial charge in [0.05, 0.1) is 5.75 Å². The number of hydrogen-bond donors (Lipinski definition) is 1. The fraction of sp³-hybridized carbons (Fsp3) is 0.211. The highest BCUT2D eigenvalue weighted by atomic mass is 32.2. The van der Waals surface area contributed by atoms with Crippen LogP contribution in [0, 0.1) is 18.6 Å². The summed E-state index contributed by atoms with van der Waals surface area (Å²) in [7, 11) is 1.79. The van der Waals surface area contributed by atoms with Gasteiger partial charge in [-0.05, 0) is 48.4 Å². The summed E-state index contributed by atoms with van der Waals surface area (Å²) in [6.07, 6.45) is 0. The standard InChI is InChI=1S/C19H18F2N4OS/c1-12-9-13(3-8-16(12)21)10-22-17(26)11-27-19-24-23-18(25(19)2)14-4-6-15(20)7-5-14/h3-9H,10-11H2,1-2H3,(H,22,26). The van der Waals surface area contributed by atoms with E-state index in [2.05, 4.69) is 15.5 Å². The molecule has 1 aromatic heterocycles. The van der Waals surface area contributed by atoms with E-state index in [9.17, 15) is 13.6 Å². The quantitative estimate of drug-likeness (QED) is 0.657. The van der Waals surface area contributed by atoms with Crippen molar-refractivity contribution in [1.82, 2.24) is 20.1 Å². The summed E-state index contributed by atoms with van der Waals surface area (Å²) in [6.45, 7) is 2.02. The number of amides is 1. The molecular formula is C19H18F2N4OS. The second-order valence-electron chi connectivity index (χ2n) is 6.02. The summed E-state index contributed by atoms with van der Waals surface area (Å²) in [5.74, 6) is 0.0340. The summed E-state index contributed by atoms with van der Waals surface area (Å²) in [5, 5.41) is 11.6. The van der Waals surface area contributed by atoms with Crippen molar-refractivity contribution >= 4 is 17.7 Å². The molecule has 27 heavy (non-hydrogen) atoms. The van der Waals surface area contributed by atoms with Crippen LogP contribution in [0.15, 0.2) is 47.6 Å². The zero-order chi connectivity index (χ0) is 19.4. The lowest BCUT2D eigenvalue weighted by atomic mass is 10.1. The Morgan fingerprint density at radius 1 is 1.15 bits per heavy atom. The molecule has 2 aromatic carbocycles. The molecule has 0 saturated carbocycles. The first-order valence-corrected chi connectivity index (χ1v) is 9.22. The van der Waals surface area contributed by atoms with E-state index >= 15 is 0 Å². The second-order valence-corrected chi connectivity index (χ2v) is 6.96. The van der Waals surface area contributed by atoms with Gasteiger partial charge < -0.3 is 9.88 Å². The zero-order valence-corrected chi connectivity index (χ0v) is 15.7. The molecule has 0 aliphatic carbocycles. The maximum atomic E-state index is 13.3. The van der Waals surface area contributed by atoms with Crippen LogP contribution in [0.3, 0.4) is 0 Å². The van der Waals surface area contributed by atoms with E-state index < -0.39 is 0 Å². The van der Waals surface area contributed by atoms with Crippen LogP contribution in [0.5, 0.6) is 0 Å². The average molecular weight is 388 g/mol. The van der Waals surface area contributed by atoms with Crippen molar-refractivity contribution in [2.45, 2.75) is 18.6 Å². The van der Waals surface area contributed by atoms with Crippen molar-refractivity contribution in [2.75, 3.05) is 5.75 Å². The first kappa shape index (κ1) is 19.0. The van der Waals surface area contributed by atoms with Crippen LogP contribution in [0.25, 0.3) is 11.4 Å². The number of nitrogens with one attached hydrogen (secondary N) is 1. The van der Waals surface area contributed by atoms with E-state index in [1.54, 1.807) is 42.8 Å². The molecule has 1 amide bonds. The Morgan fingerprint density at radius 2 is 1.89 bits per heavy atom. The predicted molar refractivity (Wildman–Crippen MR) is 100 cm³/mol. The van der Waals surface area contributed by atoms with Crippen molar-refractivity contribution < 1.29 is 13.6 Å². The fourth-order valence-corrected chi connectivity index (χ4v) is 3.23. The Labute approximate surface area is 159 Å². The van der Waals surface area contributed by atoms with Crippen LogP contribution in [-0.4, -0.2) is 26.4 Å². The average Bonchev–Trinajstić information content (AvgIpc) is 3.02. The van der Waals surface area contributed by atoms with Gasteiger partial charge in [-0.15, -0.1) is 10.2 Å². The lowest BCUT2D eigenvalue weighted by Gasteiger charge is -2.07. The lowest BCUT2D eigenvalue weighted by Crippen LogP contribution is -2.24. The molecule has 1 N–H and O–H groups in total. The van der Waals surface area contributed by atoms with Crippen molar-refractivity contribution in [2.24, 2.45) is 7.05 Å². The highest BCUT2D eigenvalue weighted by Gasteiger charge is 2.13. The smallest absolute Gasteiger partial charge is 0.230 e. The summed E-state index contributed by atoms with van der Waals surface area (Å²) in [5.41, 5.74) is 2.13. The molecule has 0 aliphatic heterocycles. The minimum atomic E-state index is -0.316. The number of aryl methyl sites for hydroxylation is 1. The maximum Gasteiger partial charge on any atom is 0.230 e. The first-order valence-electron chi connectivity index (χ1n) is 8.24. The lowest BCUT2D eigenvalue weighted by molar-refractivity contribution is -0.118. The van der Waals surface area contributed by atoms with Gasteiger partial charge in [-0.25, -0.2) is 8.78 Å². The molecule has 8 heteroatoms. The van der Waals surface area contributed by atoms with Gasteiger partial charge in [0.1, 0.15) is 11.6 Å². The van der Waals surface area contributed by atoms with Crippen molar-refractivity contribution in [3.8, 4) is 11.4 Å². The van der Waals surface area contributed by atoms with Crippen molar-refractivity contribution in [3.05, 3.63) is 65.2 Å². The van der Waals surface area contributed by atoms with Gasteiger partial charge in [0.15, 0.2) is 11.0 Å². The number of hydrogen-bond acceptors (Lipinski definition) is 4. The van der Waals surface area contributed by atoms with Crippen LogP contribution >= 0.6 is 11.8 Å². The van der Waals surface area contributed by atoms with E-state index in [0.717, 1.165) is 11.1 Å². The van der Waals surface area contributed by atoms with Gasteiger partial charge >= 0.3 is 0 Å². The third kappa shape index (κ3) is 4.71. The molecule has 140 valence electrons. The molecule has 3 rings (SSSR count). The number of carbonyl (C=O) groups excluding carboxylic acids is 1. The van der Waals surface area contributed by atoms with E-state index in [1.807, 2.05) is 0 Å². The summed E-state index contributed by atoms with van der Waals surface area (Å²) in [6, 6.07) is 10.7. The molecule has 1 heterocycles. The topological polar surface area (TPSA) is 59.8 Å². The number of nitrogens with zero attached hydrogens (tertiary/aromatic N) is 3. The number of carbonyl (C=O) groups is 1. The monoisotopic (exact) mass is 388 g/mol. The SMILES string of the molecule is Cc1cc(CNC(=O)CSc2nnc(-c3ccc(F)cc3)n2C)ccc1F. The van der Waals surface area contributed by atoms with Crippen LogP contribution < -0.4 is 5.32 Å². The van der Waals surface area contributed by atoms with E-state index in [4.69, 9.17) is 0 Å². The summed E-state index contributed by atoms with van der Waals surface area (Å²) in [4.78, 5) is 12.1. The Kier molecular flexibility index (Phi) is 5.85. The van der Waals surface area contributed by atoms with Gasteiger partial charge in [0, 0.05) is 19.2 Å². The highest BCUT2D eigenvalue weighted by Crippen LogP contribution is 2.22. The van der Waals surface area contributed by atoms with Crippen molar-refractivity contribution in [1.29, 1.82) is 0 Å². The Hall–Kier alpha value is -2.74. The Bertz CT molecular complexity index is 957. The van der Waals surface area contributed by atoms with Crippen LogP contribution in [0.1, 0.15) is 11.1 Å². The molecule has 3 aromatic rings. The number of halogens is 2. The molecule has 0 spiro atoms. The summed E-state index contributed by atoms with van der Waals surface area (Å²) < 4.78 is 28.1. The van der Waals surface area contributed by atoms with E-state index in [-0.39, 0.29) is 23.3 Å². The highest BCUT2D eigenvalue weighted by molar-refractivity contribution is 7.99. The van der Waals surface area contributed by atoms with Gasteiger partial charge in [0.25, 0.3) is 0 Å². The Morgan fingerprint density at radius 3 is 2.59 bits per heavy atom. The number of aromatic nitrogens is 3. The molecule has 0 fully saturated rings. The van der Waals surface area contributed by atoms with Gasteiger partial charge in [-0.1, -0.05) is 23.9 Å². The normalized spacial score (nSPS) is 10.8. The fourth-order valence-electron chi connectivity index (χ4n) is 2.49. The molecule has 0 bridgehead atoms. The molecule has 0 aliphatic rings. The van der Waals surface area contributed by atoms with Crippen LogP contribution in [0.4, 0.5) is 8.78 Å². The molecule has 0 saturated heterocycles. The van der Waals surface area contributed by atoms with Crippen LogP contribution in [-0.2, 0) is 18.4 Å². The van der Waals surface area contributed by atoms with Gasteiger partial charge in [-0.2, -0.15) is 0 Å². The third-order valence-corrected chi connectivity index (χ3v) is 5.00. The molecule has 0 unspecified atom stereocenters. The predicted octanol–water partition coefficient (Wildman–Crippen LogP) is 3.48. The number of benzene rings is 2.